The molecule has 4 aliphatic rings. The third kappa shape index (κ3) is 1.84. The minimum Gasteiger partial charge on any atom is -0.372 e. The standard InChI is InChI=1S/C25H19O/c1-2-8-16(9-3-1)22-17-10-4-5-11-18(17)23-21-14-15-26-25(21)20-13-7-6-12-19(20)24(22)23/h1-13,17,25H,14-15H2. The van der Waals surface area contributed by atoms with Crippen molar-refractivity contribution < 1.29 is 4.74 Å². The molecule has 26 heavy (non-hydrogen) atoms. The first kappa shape index (κ1) is 14.5. The summed E-state index contributed by atoms with van der Waals surface area (Å²) in [5.41, 5.74) is 9.78. The first-order valence-corrected chi connectivity index (χ1v) is 9.39. The number of allylic oxidation sites excluding steroid dienone is 7. The van der Waals surface area contributed by atoms with Crippen molar-refractivity contribution in [2.45, 2.75) is 12.5 Å². The SMILES string of the molecule is C1=CC2=C3[C]4CCOC4c4ccccc4C3=C(c3ccccc3)C2C=C1. The van der Waals surface area contributed by atoms with Crippen LogP contribution in [0.2, 0.25) is 0 Å². The van der Waals surface area contributed by atoms with Crippen LogP contribution in [0.5, 0.6) is 0 Å². The van der Waals surface area contributed by atoms with Gasteiger partial charge in [0.25, 0.3) is 0 Å². The van der Waals surface area contributed by atoms with E-state index in [1.165, 1.54) is 44.9 Å². The molecule has 2 atom stereocenters. The number of hydrogen-bond acceptors (Lipinski definition) is 1. The molecule has 3 aliphatic carbocycles. The number of rotatable bonds is 1. The Kier molecular flexibility index (Phi) is 3.03. The summed E-state index contributed by atoms with van der Waals surface area (Å²) in [6, 6.07) is 19.7. The van der Waals surface area contributed by atoms with Crippen LogP contribution in [0.15, 0.2) is 90.0 Å². The molecule has 1 fully saturated rings. The molecule has 0 spiro atoms. The van der Waals surface area contributed by atoms with Gasteiger partial charge in [0.1, 0.15) is 0 Å². The van der Waals surface area contributed by atoms with Crippen LogP contribution >= 0.6 is 0 Å². The lowest BCUT2D eigenvalue weighted by molar-refractivity contribution is 0.118. The Morgan fingerprint density at radius 1 is 0.846 bits per heavy atom. The van der Waals surface area contributed by atoms with E-state index in [4.69, 9.17) is 4.74 Å². The topological polar surface area (TPSA) is 9.23 Å². The first-order chi connectivity index (χ1) is 12.9. The number of fused-ring (bicyclic) bond motifs is 7. The maximum Gasteiger partial charge on any atom is 0.0938 e. The van der Waals surface area contributed by atoms with Gasteiger partial charge in [0.05, 0.1) is 6.10 Å². The zero-order valence-electron chi connectivity index (χ0n) is 14.5. The molecule has 0 saturated carbocycles. The van der Waals surface area contributed by atoms with Gasteiger partial charge in [0.2, 0.25) is 0 Å². The summed E-state index contributed by atoms with van der Waals surface area (Å²) in [5, 5.41) is 0. The molecule has 0 N–H and O–H groups in total. The Labute approximate surface area is 154 Å². The van der Waals surface area contributed by atoms with Crippen LogP contribution in [0.25, 0.3) is 11.1 Å². The molecule has 125 valence electrons. The van der Waals surface area contributed by atoms with Gasteiger partial charge in [-0.15, -0.1) is 0 Å². The monoisotopic (exact) mass is 335 g/mol. The van der Waals surface area contributed by atoms with Gasteiger partial charge in [-0.1, -0.05) is 78.9 Å². The van der Waals surface area contributed by atoms with Gasteiger partial charge in [-0.25, -0.2) is 0 Å². The van der Waals surface area contributed by atoms with Crippen molar-refractivity contribution >= 4 is 11.1 Å². The van der Waals surface area contributed by atoms with Gasteiger partial charge in [-0.3, -0.25) is 0 Å². The average molecular weight is 335 g/mol. The molecule has 1 aliphatic heterocycles. The molecule has 0 bridgehead atoms. The fraction of sp³-hybridized carbons (Fsp3) is 0.160. The smallest absolute Gasteiger partial charge is 0.0938 e. The normalized spacial score (nSPS) is 26.0. The Balaban J connectivity index is 1.72. The van der Waals surface area contributed by atoms with Gasteiger partial charge < -0.3 is 4.74 Å². The quantitative estimate of drug-likeness (QED) is 0.649. The Morgan fingerprint density at radius 3 is 2.62 bits per heavy atom. The van der Waals surface area contributed by atoms with Gasteiger partial charge >= 0.3 is 0 Å². The lowest BCUT2D eigenvalue weighted by Crippen LogP contribution is -2.17. The van der Waals surface area contributed by atoms with Crippen molar-refractivity contribution in [3.63, 3.8) is 0 Å². The van der Waals surface area contributed by atoms with Crippen molar-refractivity contribution in [2.24, 2.45) is 5.92 Å². The molecule has 0 aromatic heterocycles. The second kappa shape index (κ2) is 5.43. The average Bonchev–Trinajstić information content (AvgIpc) is 3.32. The zero-order valence-corrected chi connectivity index (χ0v) is 14.5. The Morgan fingerprint density at radius 2 is 1.69 bits per heavy atom. The summed E-state index contributed by atoms with van der Waals surface area (Å²) in [7, 11) is 0. The van der Waals surface area contributed by atoms with E-state index in [9.17, 15) is 0 Å². The molecule has 2 aromatic carbocycles. The maximum absolute atomic E-state index is 6.18. The predicted molar refractivity (Wildman–Crippen MR) is 105 cm³/mol. The number of benzene rings is 2. The van der Waals surface area contributed by atoms with E-state index in [0.29, 0.717) is 5.92 Å². The molecular formula is C25H19O. The van der Waals surface area contributed by atoms with Crippen LogP contribution < -0.4 is 0 Å². The van der Waals surface area contributed by atoms with E-state index < -0.39 is 0 Å². The first-order valence-electron chi connectivity index (χ1n) is 9.39. The maximum atomic E-state index is 6.18. The summed E-state index contributed by atoms with van der Waals surface area (Å²) in [6.07, 6.45) is 10.2. The summed E-state index contributed by atoms with van der Waals surface area (Å²) in [6.45, 7) is 0.823. The fourth-order valence-electron chi connectivity index (χ4n) is 5.04. The second-order valence-electron chi connectivity index (χ2n) is 7.32. The number of hydrogen-bond donors (Lipinski definition) is 0. The van der Waals surface area contributed by atoms with Gasteiger partial charge in [0.15, 0.2) is 0 Å². The minimum absolute atomic E-state index is 0.132. The summed E-state index contributed by atoms with van der Waals surface area (Å²) < 4.78 is 6.18. The molecule has 2 aromatic rings. The third-order valence-electron chi connectivity index (χ3n) is 6.04. The van der Waals surface area contributed by atoms with Crippen molar-refractivity contribution in [3.05, 3.63) is 113 Å². The second-order valence-corrected chi connectivity index (χ2v) is 7.32. The van der Waals surface area contributed by atoms with Crippen molar-refractivity contribution in [2.75, 3.05) is 6.61 Å². The van der Waals surface area contributed by atoms with Gasteiger partial charge in [0, 0.05) is 18.4 Å². The summed E-state index contributed by atoms with van der Waals surface area (Å²) in [4.78, 5) is 0. The van der Waals surface area contributed by atoms with Crippen LogP contribution in [0.1, 0.15) is 29.2 Å². The Hall–Kier alpha value is -2.64. The Bertz CT molecular complexity index is 1020. The minimum atomic E-state index is 0.132. The van der Waals surface area contributed by atoms with E-state index in [2.05, 4.69) is 78.9 Å². The van der Waals surface area contributed by atoms with Crippen molar-refractivity contribution in [1.29, 1.82) is 0 Å². The molecule has 1 saturated heterocycles. The highest BCUT2D eigenvalue weighted by Gasteiger charge is 2.46. The predicted octanol–water partition coefficient (Wildman–Crippen LogP) is 5.70. The van der Waals surface area contributed by atoms with E-state index in [1.807, 2.05) is 0 Å². The molecule has 1 radical (unpaired) electrons. The van der Waals surface area contributed by atoms with E-state index in [-0.39, 0.29) is 6.10 Å². The molecule has 1 nitrogen and oxygen atoms in total. The largest absolute Gasteiger partial charge is 0.372 e. The molecule has 0 amide bonds. The number of ether oxygens (including phenoxy) is 1. The van der Waals surface area contributed by atoms with E-state index in [0.717, 1.165) is 13.0 Å². The highest BCUT2D eigenvalue weighted by atomic mass is 16.5. The lowest BCUT2D eigenvalue weighted by atomic mass is 9.74. The van der Waals surface area contributed by atoms with Gasteiger partial charge in [-0.05, 0) is 45.4 Å². The molecule has 2 unspecified atom stereocenters. The van der Waals surface area contributed by atoms with Crippen molar-refractivity contribution in [1.82, 2.24) is 0 Å². The van der Waals surface area contributed by atoms with Crippen LogP contribution in [0, 0.1) is 11.8 Å². The molecular weight excluding hydrogens is 316 g/mol. The van der Waals surface area contributed by atoms with Crippen LogP contribution in [0.4, 0.5) is 0 Å². The molecule has 1 heteroatoms. The summed E-state index contributed by atoms with van der Waals surface area (Å²) >= 11 is 0. The van der Waals surface area contributed by atoms with Crippen LogP contribution in [-0.2, 0) is 4.74 Å². The molecule has 6 rings (SSSR count). The highest BCUT2D eigenvalue weighted by Crippen LogP contribution is 2.60. The van der Waals surface area contributed by atoms with E-state index >= 15 is 0 Å². The van der Waals surface area contributed by atoms with Gasteiger partial charge in [-0.2, -0.15) is 0 Å². The van der Waals surface area contributed by atoms with Crippen LogP contribution in [0.3, 0.4) is 0 Å². The third-order valence-corrected chi connectivity index (χ3v) is 6.04. The van der Waals surface area contributed by atoms with Crippen molar-refractivity contribution in [3.8, 4) is 0 Å². The highest BCUT2D eigenvalue weighted by molar-refractivity contribution is 6.08. The lowest BCUT2D eigenvalue weighted by Gasteiger charge is -2.31. The molecule has 1 heterocycles. The van der Waals surface area contributed by atoms with E-state index in [1.54, 1.807) is 0 Å². The van der Waals surface area contributed by atoms with Crippen LogP contribution in [-0.4, -0.2) is 6.61 Å². The fourth-order valence-corrected chi connectivity index (χ4v) is 5.04. The zero-order chi connectivity index (χ0) is 17.1. The summed E-state index contributed by atoms with van der Waals surface area (Å²) in [5.74, 6) is 1.82.